The highest BCUT2D eigenvalue weighted by Crippen LogP contribution is 1.93. The van der Waals surface area contributed by atoms with Crippen LogP contribution >= 0.6 is 15.9 Å². The first-order valence-corrected chi connectivity index (χ1v) is 7.38. The molecule has 0 fully saturated rings. The van der Waals surface area contributed by atoms with Gasteiger partial charge < -0.3 is 10.1 Å². The molecule has 0 amide bonds. The van der Waals surface area contributed by atoms with Gasteiger partial charge in [-0.1, -0.05) is 28.1 Å². The van der Waals surface area contributed by atoms with Crippen LogP contribution in [0.1, 0.15) is 19.8 Å². The third-order valence-corrected chi connectivity index (χ3v) is 2.64. The smallest absolute Gasteiger partial charge is 0.316 e. The van der Waals surface area contributed by atoms with E-state index in [1.807, 2.05) is 19.1 Å². The zero-order valence-electron chi connectivity index (χ0n) is 11.3. The Hall–Kier alpha value is -0.760. The summed E-state index contributed by atoms with van der Waals surface area (Å²) in [4.78, 5) is 14.9. The molecule has 0 unspecified atom stereocenters. The minimum absolute atomic E-state index is 0.0649. The van der Waals surface area contributed by atoms with Gasteiger partial charge in [-0.25, -0.2) is 5.43 Å². The Kier molecular flexibility index (Phi) is 13.1. The lowest BCUT2D eigenvalue weighted by molar-refractivity contribution is -0.140. The number of hydrogen-bond donors (Lipinski definition) is 3. The number of aliphatic imine (C=N–C) groups is 1. The fourth-order valence-electron chi connectivity index (χ4n) is 1.27. The third kappa shape index (κ3) is 12.0. The Morgan fingerprint density at radius 1 is 1.53 bits per heavy atom. The lowest BCUT2D eigenvalue weighted by atomic mass is 10.3. The van der Waals surface area contributed by atoms with Gasteiger partial charge in [-0.2, -0.15) is 0 Å². The average molecular weight is 335 g/mol. The molecule has 0 heterocycles. The maximum atomic E-state index is 10.8. The van der Waals surface area contributed by atoms with Crippen LogP contribution in [0.15, 0.2) is 17.1 Å². The summed E-state index contributed by atoms with van der Waals surface area (Å²) in [7, 11) is 0. The minimum Gasteiger partial charge on any atom is -0.465 e. The third-order valence-electron chi connectivity index (χ3n) is 2.18. The molecule has 4 N–H and O–H groups in total. The largest absolute Gasteiger partial charge is 0.465 e. The molecule has 0 radical (unpaired) electrons. The van der Waals surface area contributed by atoms with Crippen molar-refractivity contribution in [1.29, 1.82) is 0 Å². The Labute approximate surface area is 123 Å². The SMILES string of the molecule is C/C=N\[C@@H](C/C=C/CNCCCOC(=O)CBr)NN. The Bertz CT molecular complexity index is 285. The summed E-state index contributed by atoms with van der Waals surface area (Å²) in [6.07, 6.45) is 7.27. The monoisotopic (exact) mass is 334 g/mol. The molecule has 7 heteroatoms. The maximum Gasteiger partial charge on any atom is 0.316 e. The Balaban J connectivity index is 3.41. The summed E-state index contributed by atoms with van der Waals surface area (Å²) in [5.74, 6) is 5.11. The van der Waals surface area contributed by atoms with Gasteiger partial charge in [0.25, 0.3) is 0 Å². The van der Waals surface area contributed by atoms with E-state index < -0.39 is 0 Å². The molecule has 0 aliphatic heterocycles. The zero-order chi connectivity index (χ0) is 14.3. The van der Waals surface area contributed by atoms with E-state index in [1.54, 1.807) is 6.21 Å². The van der Waals surface area contributed by atoms with Crippen LogP contribution in [0, 0.1) is 0 Å². The van der Waals surface area contributed by atoms with Crippen molar-refractivity contribution in [1.82, 2.24) is 10.7 Å². The van der Waals surface area contributed by atoms with Crippen LogP contribution < -0.4 is 16.6 Å². The van der Waals surface area contributed by atoms with Crippen LogP contribution in [-0.4, -0.2) is 43.4 Å². The average Bonchev–Trinajstić information content (AvgIpc) is 2.43. The molecule has 0 saturated carbocycles. The normalized spacial score (nSPS) is 13.2. The topological polar surface area (TPSA) is 88.7 Å². The number of nitrogens with zero attached hydrogens (tertiary/aromatic N) is 1. The summed E-state index contributed by atoms with van der Waals surface area (Å²) in [5.41, 5.74) is 2.62. The maximum absolute atomic E-state index is 10.8. The summed E-state index contributed by atoms with van der Waals surface area (Å²) >= 11 is 3.03. The van der Waals surface area contributed by atoms with E-state index in [4.69, 9.17) is 10.6 Å². The number of hydrazine groups is 1. The fraction of sp³-hybridized carbons (Fsp3) is 0.667. The summed E-state index contributed by atoms with van der Waals surface area (Å²) in [6.45, 7) is 3.90. The van der Waals surface area contributed by atoms with E-state index in [-0.39, 0.29) is 17.5 Å². The molecular formula is C12H23BrN4O2. The van der Waals surface area contributed by atoms with Crippen molar-refractivity contribution in [2.24, 2.45) is 10.8 Å². The molecule has 0 bridgehead atoms. The number of carbonyl (C=O) groups is 1. The fourth-order valence-corrected chi connectivity index (χ4v) is 1.43. The van der Waals surface area contributed by atoms with Gasteiger partial charge in [0.2, 0.25) is 0 Å². The number of esters is 1. The van der Waals surface area contributed by atoms with Gasteiger partial charge in [0.15, 0.2) is 0 Å². The second kappa shape index (κ2) is 13.7. The predicted molar refractivity (Wildman–Crippen MR) is 81.3 cm³/mol. The second-order valence-electron chi connectivity index (χ2n) is 3.71. The molecular weight excluding hydrogens is 312 g/mol. The number of nitrogens with two attached hydrogens (primary N) is 1. The molecule has 0 saturated heterocycles. The molecule has 19 heavy (non-hydrogen) atoms. The number of ether oxygens (including phenoxy) is 1. The van der Waals surface area contributed by atoms with Crippen molar-refractivity contribution in [2.75, 3.05) is 25.0 Å². The van der Waals surface area contributed by atoms with Crippen LogP contribution in [-0.2, 0) is 9.53 Å². The number of halogens is 1. The van der Waals surface area contributed by atoms with Gasteiger partial charge in [0.1, 0.15) is 11.5 Å². The van der Waals surface area contributed by atoms with Gasteiger partial charge in [0, 0.05) is 13.0 Å². The Morgan fingerprint density at radius 2 is 2.32 bits per heavy atom. The van der Waals surface area contributed by atoms with Crippen molar-refractivity contribution in [3.8, 4) is 0 Å². The van der Waals surface area contributed by atoms with Gasteiger partial charge in [0.05, 0.1) is 6.61 Å². The van der Waals surface area contributed by atoms with Crippen molar-refractivity contribution in [2.45, 2.75) is 25.9 Å². The molecule has 0 aromatic rings. The molecule has 0 aliphatic carbocycles. The highest BCUT2D eigenvalue weighted by molar-refractivity contribution is 9.09. The van der Waals surface area contributed by atoms with Crippen LogP contribution in [0.2, 0.25) is 0 Å². The van der Waals surface area contributed by atoms with E-state index >= 15 is 0 Å². The first kappa shape index (κ1) is 18.2. The number of rotatable bonds is 11. The lowest BCUT2D eigenvalue weighted by Crippen LogP contribution is -2.33. The molecule has 1 atom stereocenters. The standard InChI is InChI=1S/C12H23BrN4O2/c1-2-16-11(17-14)6-3-4-7-15-8-5-9-19-12(18)10-13/h2-4,11,15,17H,5-10,14H2,1H3/b4-3+,16-2-/t11-/m1/s1. The zero-order valence-corrected chi connectivity index (χ0v) is 12.9. The van der Waals surface area contributed by atoms with Gasteiger partial charge >= 0.3 is 5.97 Å². The van der Waals surface area contributed by atoms with E-state index in [2.05, 4.69) is 31.7 Å². The van der Waals surface area contributed by atoms with E-state index in [0.29, 0.717) is 6.61 Å². The first-order valence-electron chi connectivity index (χ1n) is 6.25. The summed E-state index contributed by atoms with van der Waals surface area (Å²) < 4.78 is 4.91. The first-order chi connectivity index (χ1) is 9.24. The Morgan fingerprint density at radius 3 is 2.95 bits per heavy atom. The molecule has 0 aromatic carbocycles. The van der Waals surface area contributed by atoms with Crippen molar-refractivity contribution in [3.05, 3.63) is 12.2 Å². The molecule has 0 aliphatic rings. The highest BCUT2D eigenvalue weighted by Gasteiger charge is 1.98. The van der Waals surface area contributed by atoms with E-state index in [9.17, 15) is 4.79 Å². The minimum atomic E-state index is -0.225. The van der Waals surface area contributed by atoms with Gasteiger partial charge in [-0.05, 0) is 26.1 Å². The number of hydrogen-bond acceptors (Lipinski definition) is 6. The molecule has 110 valence electrons. The van der Waals surface area contributed by atoms with Crippen LogP contribution in [0.25, 0.3) is 0 Å². The molecule has 0 rings (SSSR count). The summed E-state index contributed by atoms with van der Waals surface area (Å²) in [6, 6.07) is 0. The van der Waals surface area contributed by atoms with Crippen LogP contribution in [0.3, 0.4) is 0 Å². The van der Waals surface area contributed by atoms with Crippen molar-refractivity contribution >= 4 is 28.1 Å². The predicted octanol–water partition coefficient (Wildman–Crippen LogP) is 0.731. The number of nitrogens with one attached hydrogen (secondary N) is 2. The molecule has 0 aromatic heterocycles. The van der Waals surface area contributed by atoms with Gasteiger partial charge in [-0.15, -0.1) is 0 Å². The van der Waals surface area contributed by atoms with E-state index in [1.165, 1.54) is 0 Å². The van der Waals surface area contributed by atoms with Crippen molar-refractivity contribution in [3.63, 3.8) is 0 Å². The summed E-state index contributed by atoms with van der Waals surface area (Å²) in [5, 5.41) is 3.47. The second-order valence-corrected chi connectivity index (χ2v) is 4.27. The van der Waals surface area contributed by atoms with Gasteiger partial charge in [-0.3, -0.25) is 15.6 Å². The highest BCUT2D eigenvalue weighted by atomic mass is 79.9. The number of alkyl halides is 1. The number of carbonyl (C=O) groups excluding carboxylic acids is 1. The van der Waals surface area contributed by atoms with Crippen molar-refractivity contribution < 1.29 is 9.53 Å². The quantitative estimate of drug-likeness (QED) is 0.0985. The van der Waals surface area contributed by atoms with Crippen LogP contribution in [0.5, 0.6) is 0 Å². The van der Waals surface area contributed by atoms with E-state index in [0.717, 1.165) is 25.9 Å². The molecule has 0 spiro atoms. The lowest BCUT2D eigenvalue weighted by Gasteiger charge is -2.07. The van der Waals surface area contributed by atoms with Crippen LogP contribution in [0.4, 0.5) is 0 Å². The molecule has 6 nitrogen and oxygen atoms in total.